The summed E-state index contributed by atoms with van der Waals surface area (Å²) < 4.78 is 0. The highest BCUT2D eigenvalue weighted by molar-refractivity contribution is 5.59. The maximum absolute atomic E-state index is 4.47. The molecule has 0 atom stereocenters. The number of imidazole rings is 1. The van der Waals surface area contributed by atoms with Gasteiger partial charge in [0, 0.05) is 5.41 Å². The van der Waals surface area contributed by atoms with Crippen LogP contribution in [0.25, 0.3) is 11.3 Å². The van der Waals surface area contributed by atoms with Crippen molar-refractivity contribution >= 4 is 0 Å². The Hall–Kier alpha value is -1.57. The largest absolute Gasteiger partial charge is 0.342 e. The molecule has 18 heavy (non-hydrogen) atoms. The second-order valence-corrected chi connectivity index (χ2v) is 6.17. The average Bonchev–Trinajstić information content (AvgIpc) is 2.78. The summed E-state index contributed by atoms with van der Waals surface area (Å²) in [5.41, 5.74) is 3.72. The number of rotatable bonds is 2. The van der Waals surface area contributed by atoms with Gasteiger partial charge in [-0.05, 0) is 17.0 Å². The van der Waals surface area contributed by atoms with E-state index in [-0.39, 0.29) is 5.41 Å². The third-order valence-electron chi connectivity index (χ3n) is 3.17. The number of hydrogen-bond acceptors (Lipinski definition) is 1. The maximum atomic E-state index is 4.47. The maximum Gasteiger partial charge on any atom is 0.111 e. The molecule has 0 aliphatic rings. The molecule has 1 aromatic carbocycles. The van der Waals surface area contributed by atoms with Crippen LogP contribution in [0.3, 0.4) is 0 Å². The Labute approximate surface area is 109 Å². The van der Waals surface area contributed by atoms with Crippen molar-refractivity contribution in [3.8, 4) is 11.3 Å². The second-order valence-electron chi connectivity index (χ2n) is 6.17. The Morgan fingerprint density at radius 1 is 1.06 bits per heavy atom. The molecule has 0 saturated carbocycles. The van der Waals surface area contributed by atoms with Gasteiger partial charge in [-0.2, -0.15) is 0 Å². The third-order valence-corrected chi connectivity index (χ3v) is 3.17. The van der Waals surface area contributed by atoms with E-state index in [1.54, 1.807) is 0 Å². The van der Waals surface area contributed by atoms with Crippen molar-refractivity contribution in [2.45, 2.75) is 46.0 Å². The van der Waals surface area contributed by atoms with Crippen molar-refractivity contribution in [3.63, 3.8) is 0 Å². The lowest BCUT2D eigenvalue weighted by Gasteiger charge is -2.14. The molecule has 96 valence electrons. The van der Waals surface area contributed by atoms with Gasteiger partial charge in [-0.25, -0.2) is 4.98 Å². The molecular formula is C16H22N2. The van der Waals surface area contributed by atoms with E-state index in [4.69, 9.17) is 0 Å². The Morgan fingerprint density at radius 2 is 1.67 bits per heavy atom. The number of aromatic amines is 1. The number of benzene rings is 1. The van der Waals surface area contributed by atoms with Crippen LogP contribution in [0.5, 0.6) is 0 Å². The van der Waals surface area contributed by atoms with Crippen LogP contribution in [0.2, 0.25) is 0 Å². The van der Waals surface area contributed by atoms with Crippen LogP contribution < -0.4 is 0 Å². The predicted molar refractivity (Wildman–Crippen MR) is 76.8 cm³/mol. The summed E-state index contributed by atoms with van der Waals surface area (Å²) in [6, 6.07) is 8.71. The fourth-order valence-electron chi connectivity index (χ4n) is 1.90. The summed E-state index contributed by atoms with van der Waals surface area (Å²) in [6.45, 7) is 10.9. The molecule has 0 saturated heterocycles. The van der Waals surface area contributed by atoms with Crippen molar-refractivity contribution in [2.75, 3.05) is 0 Å². The Morgan fingerprint density at radius 3 is 2.11 bits per heavy atom. The van der Waals surface area contributed by atoms with Crippen molar-refractivity contribution in [2.24, 2.45) is 0 Å². The number of aromatic nitrogens is 2. The standard InChI is InChI=1S/C16H22N2/c1-11(2)12-6-8-13(9-7-12)14-10-17-15(18-14)16(3,4)5/h6-11H,1-5H3,(H,17,18). The number of H-pyrrole nitrogens is 1. The van der Waals surface area contributed by atoms with Crippen LogP contribution in [-0.4, -0.2) is 9.97 Å². The van der Waals surface area contributed by atoms with E-state index in [0.717, 1.165) is 11.5 Å². The van der Waals surface area contributed by atoms with E-state index in [0.29, 0.717) is 5.92 Å². The van der Waals surface area contributed by atoms with Crippen molar-refractivity contribution in [3.05, 3.63) is 41.9 Å². The summed E-state index contributed by atoms with van der Waals surface area (Å²) >= 11 is 0. The lowest BCUT2D eigenvalue weighted by atomic mass is 9.96. The monoisotopic (exact) mass is 242 g/mol. The van der Waals surface area contributed by atoms with Gasteiger partial charge in [0.25, 0.3) is 0 Å². The highest BCUT2D eigenvalue weighted by Gasteiger charge is 2.17. The van der Waals surface area contributed by atoms with Crippen LogP contribution in [0, 0.1) is 0 Å². The van der Waals surface area contributed by atoms with Crippen LogP contribution in [0.1, 0.15) is 51.9 Å². The molecule has 1 N–H and O–H groups in total. The lowest BCUT2D eigenvalue weighted by Crippen LogP contribution is -2.13. The van der Waals surface area contributed by atoms with E-state index in [1.807, 2.05) is 6.20 Å². The molecule has 2 heteroatoms. The van der Waals surface area contributed by atoms with Gasteiger partial charge in [0.2, 0.25) is 0 Å². The minimum absolute atomic E-state index is 0.0656. The first-order valence-electron chi connectivity index (χ1n) is 6.54. The molecule has 0 spiro atoms. The van der Waals surface area contributed by atoms with Crippen LogP contribution in [-0.2, 0) is 5.41 Å². The highest BCUT2D eigenvalue weighted by atomic mass is 14.9. The third kappa shape index (κ3) is 2.63. The van der Waals surface area contributed by atoms with Gasteiger partial charge in [-0.3, -0.25) is 0 Å². The molecule has 0 fully saturated rings. The molecule has 1 aromatic heterocycles. The Balaban J connectivity index is 2.29. The van der Waals surface area contributed by atoms with Gasteiger partial charge in [-0.1, -0.05) is 58.9 Å². The van der Waals surface area contributed by atoms with Crippen LogP contribution in [0.15, 0.2) is 30.5 Å². The fourth-order valence-corrected chi connectivity index (χ4v) is 1.90. The first-order chi connectivity index (χ1) is 8.38. The molecular weight excluding hydrogens is 220 g/mol. The minimum Gasteiger partial charge on any atom is -0.342 e. The number of nitrogens with one attached hydrogen (secondary N) is 1. The molecule has 0 bridgehead atoms. The van der Waals surface area contributed by atoms with E-state index >= 15 is 0 Å². The number of nitrogens with zero attached hydrogens (tertiary/aromatic N) is 1. The van der Waals surface area contributed by atoms with Gasteiger partial charge in [0.05, 0.1) is 11.9 Å². The molecule has 1 heterocycles. The summed E-state index contributed by atoms with van der Waals surface area (Å²) in [7, 11) is 0. The predicted octanol–water partition coefficient (Wildman–Crippen LogP) is 4.50. The van der Waals surface area contributed by atoms with Gasteiger partial charge in [0.1, 0.15) is 5.82 Å². The molecule has 0 amide bonds. The van der Waals surface area contributed by atoms with E-state index in [2.05, 4.69) is 68.9 Å². The SMILES string of the molecule is CC(C)c1ccc(-c2cnc(C(C)(C)C)[nH]2)cc1. The summed E-state index contributed by atoms with van der Waals surface area (Å²) in [5, 5.41) is 0. The van der Waals surface area contributed by atoms with Gasteiger partial charge >= 0.3 is 0 Å². The Kier molecular flexibility index (Phi) is 3.29. The first-order valence-corrected chi connectivity index (χ1v) is 6.54. The second kappa shape index (κ2) is 4.60. The molecule has 0 aliphatic carbocycles. The van der Waals surface area contributed by atoms with Crippen LogP contribution >= 0.6 is 0 Å². The van der Waals surface area contributed by atoms with Crippen molar-refractivity contribution in [1.82, 2.24) is 9.97 Å². The molecule has 2 aromatic rings. The van der Waals surface area contributed by atoms with Gasteiger partial charge in [0.15, 0.2) is 0 Å². The van der Waals surface area contributed by atoms with Crippen LogP contribution in [0.4, 0.5) is 0 Å². The lowest BCUT2D eigenvalue weighted by molar-refractivity contribution is 0.553. The zero-order valence-corrected chi connectivity index (χ0v) is 11.9. The normalized spacial score (nSPS) is 12.1. The number of hydrogen-bond donors (Lipinski definition) is 1. The smallest absolute Gasteiger partial charge is 0.111 e. The van der Waals surface area contributed by atoms with Crippen molar-refractivity contribution < 1.29 is 0 Å². The van der Waals surface area contributed by atoms with E-state index < -0.39 is 0 Å². The molecule has 2 rings (SSSR count). The molecule has 0 unspecified atom stereocenters. The molecule has 0 radical (unpaired) electrons. The van der Waals surface area contributed by atoms with Gasteiger partial charge < -0.3 is 4.98 Å². The topological polar surface area (TPSA) is 28.7 Å². The minimum atomic E-state index is 0.0656. The average molecular weight is 242 g/mol. The molecule has 2 nitrogen and oxygen atoms in total. The van der Waals surface area contributed by atoms with E-state index in [1.165, 1.54) is 11.1 Å². The zero-order chi connectivity index (χ0) is 13.3. The fraction of sp³-hybridized carbons (Fsp3) is 0.438. The molecule has 0 aliphatic heterocycles. The summed E-state index contributed by atoms with van der Waals surface area (Å²) in [4.78, 5) is 7.87. The van der Waals surface area contributed by atoms with Crippen molar-refractivity contribution in [1.29, 1.82) is 0 Å². The van der Waals surface area contributed by atoms with E-state index in [9.17, 15) is 0 Å². The summed E-state index contributed by atoms with van der Waals surface area (Å²) in [5.74, 6) is 1.61. The first kappa shape index (κ1) is 12.9. The quantitative estimate of drug-likeness (QED) is 0.825. The highest BCUT2D eigenvalue weighted by Crippen LogP contribution is 2.25. The van der Waals surface area contributed by atoms with Gasteiger partial charge in [-0.15, -0.1) is 0 Å². The Bertz CT molecular complexity index is 513. The summed E-state index contributed by atoms with van der Waals surface area (Å²) in [6.07, 6.45) is 1.92. The zero-order valence-electron chi connectivity index (χ0n) is 11.9.